The number of para-hydroxylation sites is 1. The topological polar surface area (TPSA) is 32.8 Å². The van der Waals surface area contributed by atoms with Gasteiger partial charge in [-0.3, -0.25) is 9.69 Å². The first-order valence-corrected chi connectivity index (χ1v) is 11.1. The number of hydrogen-bond acceptors (Lipinski definition) is 3. The Morgan fingerprint density at radius 2 is 1.52 bits per heavy atom. The second-order valence-corrected chi connectivity index (χ2v) is 8.47. The maximum absolute atomic E-state index is 13.1. The van der Waals surface area contributed by atoms with E-state index in [4.69, 9.17) is 4.74 Å². The summed E-state index contributed by atoms with van der Waals surface area (Å²) >= 11 is 3.48. The molecule has 3 aromatic rings. The highest BCUT2D eigenvalue weighted by atomic mass is 79.9. The lowest BCUT2D eigenvalue weighted by molar-refractivity contribution is 0.0628. The molecule has 0 N–H and O–H groups in total. The lowest BCUT2D eigenvalue weighted by atomic mass is 10.1. The highest BCUT2D eigenvalue weighted by Crippen LogP contribution is 2.24. The summed E-state index contributed by atoms with van der Waals surface area (Å²) in [7, 11) is 0. The van der Waals surface area contributed by atoms with Crippen LogP contribution < -0.4 is 4.74 Å². The van der Waals surface area contributed by atoms with Crippen molar-refractivity contribution in [3.05, 3.63) is 99.8 Å². The van der Waals surface area contributed by atoms with Crippen LogP contribution in [0.25, 0.3) is 0 Å². The van der Waals surface area contributed by atoms with E-state index in [1.807, 2.05) is 65.6 Å². The maximum Gasteiger partial charge on any atom is 0.253 e. The number of piperazine rings is 1. The molecule has 3 aromatic carbocycles. The Morgan fingerprint density at radius 3 is 2.19 bits per heavy atom. The number of nitrogens with zero attached hydrogens (tertiary/aromatic N) is 2. The summed E-state index contributed by atoms with van der Waals surface area (Å²) in [6, 6.07) is 21.9. The van der Waals surface area contributed by atoms with Crippen molar-refractivity contribution < 1.29 is 13.9 Å². The minimum absolute atomic E-state index is 0.0553. The summed E-state index contributed by atoms with van der Waals surface area (Å²) in [6.07, 6.45) is 0. The van der Waals surface area contributed by atoms with Gasteiger partial charge >= 0.3 is 0 Å². The van der Waals surface area contributed by atoms with Gasteiger partial charge in [0, 0.05) is 38.3 Å². The van der Waals surface area contributed by atoms with Gasteiger partial charge in [0.2, 0.25) is 0 Å². The molecule has 0 aliphatic carbocycles. The van der Waals surface area contributed by atoms with E-state index in [0.717, 1.165) is 41.0 Å². The molecule has 1 aliphatic heterocycles. The van der Waals surface area contributed by atoms with Crippen LogP contribution in [0.15, 0.2) is 77.3 Å². The van der Waals surface area contributed by atoms with Crippen LogP contribution in [0.4, 0.5) is 4.39 Å². The highest BCUT2D eigenvalue weighted by molar-refractivity contribution is 9.10. The third kappa shape index (κ3) is 5.71. The van der Waals surface area contributed by atoms with Crippen LogP contribution in [0.3, 0.4) is 0 Å². The summed E-state index contributed by atoms with van der Waals surface area (Å²) in [5.41, 5.74) is 2.79. The largest absolute Gasteiger partial charge is 0.488 e. The van der Waals surface area contributed by atoms with Crippen molar-refractivity contribution in [3.63, 3.8) is 0 Å². The van der Waals surface area contributed by atoms with Crippen LogP contribution in [0.2, 0.25) is 0 Å². The van der Waals surface area contributed by atoms with Gasteiger partial charge in [0.15, 0.2) is 0 Å². The van der Waals surface area contributed by atoms with Gasteiger partial charge in [-0.1, -0.05) is 36.4 Å². The monoisotopic (exact) mass is 482 g/mol. The molecular formula is C25H24BrFN2O2. The van der Waals surface area contributed by atoms with Gasteiger partial charge in [-0.2, -0.15) is 0 Å². The molecule has 0 spiro atoms. The first-order valence-electron chi connectivity index (χ1n) is 10.3. The number of rotatable bonds is 6. The summed E-state index contributed by atoms with van der Waals surface area (Å²) in [6.45, 7) is 4.20. The molecule has 0 bridgehead atoms. The Kier molecular flexibility index (Phi) is 6.99. The van der Waals surface area contributed by atoms with Gasteiger partial charge in [0.1, 0.15) is 18.2 Å². The van der Waals surface area contributed by atoms with Gasteiger partial charge in [-0.15, -0.1) is 0 Å². The van der Waals surface area contributed by atoms with Gasteiger partial charge in [0.05, 0.1) is 4.47 Å². The summed E-state index contributed by atoms with van der Waals surface area (Å²) < 4.78 is 19.8. The number of carbonyl (C=O) groups excluding carboxylic acids is 1. The molecule has 1 fully saturated rings. The summed E-state index contributed by atoms with van der Waals surface area (Å²) in [5, 5.41) is 0. The molecule has 6 heteroatoms. The SMILES string of the molecule is O=C(c1ccc(COc2ccccc2Br)cc1)N1CCN(Cc2ccc(F)cc2)CC1. The lowest BCUT2D eigenvalue weighted by Gasteiger charge is -2.34. The number of hydrogen-bond donors (Lipinski definition) is 0. The Labute approximate surface area is 190 Å². The van der Waals surface area contributed by atoms with Crippen molar-refractivity contribution in [2.24, 2.45) is 0 Å². The quantitative estimate of drug-likeness (QED) is 0.488. The van der Waals surface area contributed by atoms with Crippen molar-refractivity contribution in [1.29, 1.82) is 0 Å². The van der Waals surface area contributed by atoms with Crippen LogP contribution in [0.1, 0.15) is 21.5 Å². The molecule has 1 amide bonds. The Hall–Kier alpha value is -2.70. The predicted octanol–water partition coefficient (Wildman–Crippen LogP) is 5.13. The van der Waals surface area contributed by atoms with Gasteiger partial charge in [0.25, 0.3) is 5.91 Å². The molecule has 1 aliphatic rings. The van der Waals surface area contributed by atoms with Gasteiger partial charge in [-0.25, -0.2) is 4.39 Å². The maximum atomic E-state index is 13.1. The number of benzene rings is 3. The number of ether oxygens (including phenoxy) is 1. The van der Waals surface area contributed by atoms with Crippen LogP contribution in [0.5, 0.6) is 5.75 Å². The molecule has 0 atom stereocenters. The summed E-state index contributed by atoms with van der Waals surface area (Å²) in [4.78, 5) is 17.1. The fourth-order valence-electron chi connectivity index (χ4n) is 3.61. The molecule has 0 saturated carbocycles. The zero-order valence-electron chi connectivity index (χ0n) is 17.1. The standard InChI is InChI=1S/C25H24BrFN2O2/c26-23-3-1-2-4-24(23)31-18-20-5-9-21(10-6-20)25(30)29-15-13-28(14-16-29)17-19-7-11-22(27)12-8-19/h1-12H,13-18H2. The zero-order valence-corrected chi connectivity index (χ0v) is 18.7. The second kappa shape index (κ2) is 10.1. The van der Waals surface area contributed by atoms with E-state index in [-0.39, 0.29) is 11.7 Å². The van der Waals surface area contributed by atoms with Gasteiger partial charge < -0.3 is 9.64 Å². The molecule has 1 saturated heterocycles. The van der Waals surface area contributed by atoms with E-state index >= 15 is 0 Å². The molecule has 31 heavy (non-hydrogen) atoms. The van der Waals surface area contributed by atoms with E-state index in [2.05, 4.69) is 20.8 Å². The fraction of sp³-hybridized carbons (Fsp3) is 0.240. The molecular weight excluding hydrogens is 459 g/mol. The molecule has 4 rings (SSSR count). The first kappa shape index (κ1) is 21.5. The van der Waals surface area contributed by atoms with E-state index in [1.54, 1.807) is 0 Å². The predicted molar refractivity (Wildman–Crippen MR) is 122 cm³/mol. The van der Waals surface area contributed by atoms with Crippen molar-refractivity contribution >= 4 is 21.8 Å². The van der Waals surface area contributed by atoms with E-state index < -0.39 is 0 Å². The zero-order chi connectivity index (χ0) is 21.6. The van der Waals surface area contributed by atoms with Crippen LogP contribution >= 0.6 is 15.9 Å². The highest BCUT2D eigenvalue weighted by Gasteiger charge is 2.22. The third-order valence-electron chi connectivity index (χ3n) is 5.41. The Morgan fingerprint density at radius 1 is 0.871 bits per heavy atom. The van der Waals surface area contributed by atoms with E-state index in [1.165, 1.54) is 12.1 Å². The van der Waals surface area contributed by atoms with Crippen molar-refractivity contribution in [2.45, 2.75) is 13.2 Å². The number of carbonyl (C=O) groups is 1. The average molecular weight is 483 g/mol. The normalized spacial score (nSPS) is 14.5. The first-order chi connectivity index (χ1) is 15.1. The third-order valence-corrected chi connectivity index (χ3v) is 6.07. The Balaban J connectivity index is 1.27. The minimum Gasteiger partial charge on any atom is -0.488 e. The molecule has 0 aromatic heterocycles. The van der Waals surface area contributed by atoms with Crippen LogP contribution in [-0.2, 0) is 13.2 Å². The molecule has 1 heterocycles. The molecule has 0 radical (unpaired) electrons. The molecule has 160 valence electrons. The summed E-state index contributed by atoms with van der Waals surface area (Å²) in [5.74, 6) is 0.630. The van der Waals surface area contributed by atoms with E-state index in [0.29, 0.717) is 25.3 Å². The molecule has 0 unspecified atom stereocenters. The van der Waals surface area contributed by atoms with Crippen molar-refractivity contribution in [1.82, 2.24) is 9.80 Å². The second-order valence-electron chi connectivity index (χ2n) is 7.61. The van der Waals surface area contributed by atoms with Crippen molar-refractivity contribution in [2.75, 3.05) is 26.2 Å². The fourth-order valence-corrected chi connectivity index (χ4v) is 4.01. The molecule has 4 nitrogen and oxygen atoms in total. The van der Waals surface area contributed by atoms with Crippen LogP contribution in [0, 0.1) is 5.82 Å². The minimum atomic E-state index is -0.218. The Bertz CT molecular complexity index is 1020. The number of halogens is 2. The average Bonchev–Trinajstić information content (AvgIpc) is 2.80. The van der Waals surface area contributed by atoms with Gasteiger partial charge in [-0.05, 0) is 63.5 Å². The smallest absolute Gasteiger partial charge is 0.253 e. The van der Waals surface area contributed by atoms with Crippen LogP contribution in [-0.4, -0.2) is 41.9 Å². The van der Waals surface area contributed by atoms with Crippen molar-refractivity contribution in [3.8, 4) is 5.75 Å². The lowest BCUT2D eigenvalue weighted by Crippen LogP contribution is -2.48. The van der Waals surface area contributed by atoms with E-state index in [9.17, 15) is 9.18 Å². The number of amides is 1.